The third kappa shape index (κ3) is 4.95. The average Bonchev–Trinajstić information content (AvgIpc) is 2.58. The molecule has 0 saturated heterocycles. The van der Waals surface area contributed by atoms with Crippen molar-refractivity contribution in [2.45, 2.75) is 11.4 Å². The van der Waals surface area contributed by atoms with E-state index in [-0.39, 0.29) is 18.0 Å². The Balaban J connectivity index is 1.91. The van der Waals surface area contributed by atoms with E-state index in [9.17, 15) is 13.2 Å². The largest absolute Gasteiger partial charge is 0.496 e. The molecule has 0 aliphatic heterocycles. The topological polar surface area (TPSA) is 84.5 Å². The van der Waals surface area contributed by atoms with Crippen molar-refractivity contribution >= 4 is 27.5 Å². The molecule has 0 saturated carbocycles. The highest BCUT2D eigenvalue weighted by Crippen LogP contribution is 2.17. The summed E-state index contributed by atoms with van der Waals surface area (Å²) in [5, 5.41) is 2.94. The van der Waals surface area contributed by atoms with Crippen LogP contribution in [0, 0.1) is 0 Å². The van der Waals surface area contributed by atoms with Crippen LogP contribution in [0.4, 0.5) is 0 Å². The average molecular weight is 369 g/mol. The first-order valence-electron chi connectivity index (χ1n) is 7.06. The Labute approximate surface area is 145 Å². The van der Waals surface area contributed by atoms with E-state index in [1.165, 1.54) is 18.2 Å². The summed E-state index contributed by atoms with van der Waals surface area (Å²) in [4.78, 5) is 11.9. The van der Waals surface area contributed by atoms with Crippen LogP contribution in [0.2, 0.25) is 5.02 Å². The number of benzene rings is 2. The van der Waals surface area contributed by atoms with E-state index in [4.69, 9.17) is 16.3 Å². The maximum absolute atomic E-state index is 12.1. The molecule has 0 aromatic heterocycles. The number of rotatable bonds is 7. The minimum atomic E-state index is -3.79. The molecule has 2 N–H and O–H groups in total. The Morgan fingerprint density at radius 2 is 1.92 bits per heavy atom. The molecule has 0 radical (unpaired) electrons. The number of methoxy groups -OCH3 is 1. The lowest BCUT2D eigenvalue weighted by Gasteiger charge is -2.10. The van der Waals surface area contributed by atoms with Crippen LogP contribution in [0.15, 0.2) is 53.4 Å². The molecule has 0 bridgehead atoms. The zero-order valence-corrected chi connectivity index (χ0v) is 14.5. The van der Waals surface area contributed by atoms with Crippen LogP contribution in [0.5, 0.6) is 5.75 Å². The molecular formula is C16H17ClN2O4S. The van der Waals surface area contributed by atoms with Crippen molar-refractivity contribution in [3.63, 3.8) is 0 Å². The first-order chi connectivity index (χ1) is 11.4. The summed E-state index contributed by atoms with van der Waals surface area (Å²) in [5.41, 5.74) is 0.797. The van der Waals surface area contributed by atoms with Crippen molar-refractivity contribution in [3.8, 4) is 5.75 Å². The van der Waals surface area contributed by atoms with E-state index in [1.54, 1.807) is 19.2 Å². The molecule has 0 aliphatic carbocycles. The molecule has 128 valence electrons. The van der Waals surface area contributed by atoms with Gasteiger partial charge in [0.25, 0.3) is 0 Å². The van der Waals surface area contributed by atoms with Gasteiger partial charge in [-0.15, -0.1) is 0 Å². The second-order valence-corrected chi connectivity index (χ2v) is 7.07. The van der Waals surface area contributed by atoms with Gasteiger partial charge in [-0.2, -0.15) is 0 Å². The van der Waals surface area contributed by atoms with Crippen molar-refractivity contribution in [3.05, 3.63) is 59.1 Å². The Bertz CT molecular complexity index is 824. The Hall–Kier alpha value is -2.09. The summed E-state index contributed by atoms with van der Waals surface area (Å²) >= 11 is 5.78. The van der Waals surface area contributed by atoms with E-state index in [2.05, 4.69) is 10.0 Å². The van der Waals surface area contributed by atoms with Gasteiger partial charge in [-0.25, -0.2) is 13.1 Å². The maximum Gasteiger partial charge on any atom is 0.241 e. The van der Waals surface area contributed by atoms with Gasteiger partial charge in [0.15, 0.2) is 0 Å². The first-order valence-corrected chi connectivity index (χ1v) is 8.92. The highest BCUT2D eigenvalue weighted by atomic mass is 35.5. The van der Waals surface area contributed by atoms with Gasteiger partial charge in [0, 0.05) is 17.1 Å². The molecule has 1 amide bonds. The van der Waals surface area contributed by atoms with Gasteiger partial charge in [-0.1, -0.05) is 35.9 Å². The van der Waals surface area contributed by atoms with Gasteiger partial charge in [-0.05, 0) is 24.3 Å². The summed E-state index contributed by atoms with van der Waals surface area (Å²) in [5.74, 6) is 0.198. The number of hydrogen-bond acceptors (Lipinski definition) is 4. The second kappa shape index (κ2) is 8.14. The number of ether oxygens (including phenoxy) is 1. The van der Waals surface area contributed by atoms with Crippen LogP contribution >= 0.6 is 11.6 Å². The highest BCUT2D eigenvalue weighted by Gasteiger charge is 2.15. The maximum atomic E-state index is 12.1. The van der Waals surface area contributed by atoms with Crippen molar-refractivity contribution in [2.24, 2.45) is 0 Å². The van der Waals surface area contributed by atoms with Crippen molar-refractivity contribution < 1.29 is 17.9 Å². The van der Waals surface area contributed by atoms with Gasteiger partial charge in [-0.3, -0.25) is 4.79 Å². The van der Waals surface area contributed by atoms with Gasteiger partial charge < -0.3 is 10.1 Å². The minimum Gasteiger partial charge on any atom is -0.496 e. The van der Waals surface area contributed by atoms with Gasteiger partial charge >= 0.3 is 0 Å². The molecule has 0 aliphatic rings. The van der Waals surface area contributed by atoms with Gasteiger partial charge in [0.2, 0.25) is 15.9 Å². The number of carbonyl (C=O) groups excluding carboxylic acids is 1. The molecule has 0 fully saturated rings. The second-order valence-electron chi connectivity index (χ2n) is 4.87. The summed E-state index contributed by atoms with van der Waals surface area (Å²) in [6.45, 7) is -0.133. The smallest absolute Gasteiger partial charge is 0.241 e. The van der Waals surface area contributed by atoms with E-state index in [0.717, 1.165) is 5.56 Å². The van der Waals surface area contributed by atoms with Gasteiger partial charge in [0.05, 0.1) is 18.6 Å². The van der Waals surface area contributed by atoms with Crippen molar-refractivity contribution in [2.75, 3.05) is 13.7 Å². The molecule has 8 heteroatoms. The molecule has 0 heterocycles. The molecule has 2 rings (SSSR count). The lowest BCUT2D eigenvalue weighted by atomic mass is 10.2. The Kier molecular flexibility index (Phi) is 6.19. The lowest BCUT2D eigenvalue weighted by molar-refractivity contribution is -0.120. The molecule has 0 unspecified atom stereocenters. The fraction of sp³-hybridized carbons (Fsp3) is 0.188. The summed E-state index contributed by atoms with van der Waals surface area (Å²) < 4.78 is 31.6. The summed E-state index contributed by atoms with van der Waals surface area (Å²) in [6.07, 6.45) is 0. The molecule has 24 heavy (non-hydrogen) atoms. The number of halogens is 1. The van der Waals surface area contributed by atoms with E-state index in [1.807, 2.05) is 18.2 Å². The van der Waals surface area contributed by atoms with Crippen LogP contribution in [0.1, 0.15) is 5.56 Å². The molecule has 0 atom stereocenters. The Morgan fingerprint density at radius 3 is 2.62 bits per heavy atom. The standard InChI is InChI=1S/C16H17ClN2O4S/c1-23-15-8-3-2-5-12(15)10-18-16(20)11-19-24(21,22)14-7-4-6-13(17)9-14/h2-9,19H,10-11H2,1H3,(H,18,20). The van der Waals surface area contributed by atoms with E-state index < -0.39 is 15.9 Å². The molecule has 0 spiro atoms. The third-order valence-corrected chi connectivity index (χ3v) is 4.83. The van der Waals surface area contributed by atoms with Crippen LogP contribution in [-0.2, 0) is 21.4 Å². The zero-order chi connectivity index (χ0) is 17.6. The quantitative estimate of drug-likeness (QED) is 0.782. The van der Waals surface area contributed by atoms with Crippen LogP contribution in [0.3, 0.4) is 0 Å². The minimum absolute atomic E-state index is 0.00697. The lowest BCUT2D eigenvalue weighted by Crippen LogP contribution is -2.36. The van der Waals surface area contributed by atoms with E-state index >= 15 is 0 Å². The number of amides is 1. The highest BCUT2D eigenvalue weighted by molar-refractivity contribution is 7.89. The molecular weight excluding hydrogens is 352 g/mol. The molecule has 6 nitrogen and oxygen atoms in total. The van der Waals surface area contributed by atoms with Crippen LogP contribution in [0.25, 0.3) is 0 Å². The zero-order valence-electron chi connectivity index (χ0n) is 13.0. The number of carbonyl (C=O) groups is 1. The number of nitrogens with one attached hydrogen (secondary N) is 2. The van der Waals surface area contributed by atoms with Crippen LogP contribution in [-0.4, -0.2) is 28.0 Å². The third-order valence-electron chi connectivity index (χ3n) is 3.20. The monoisotopic (exact) mass is 368 g/mol. The van der Waals surface area contributed by atoms with Crippen LogP contribution < -0.4 is 14.8 Å². The predicted molar refractivity (Wildman–Crippen MR) is 91.5 cm³/mol. The fourth-order valence-electron chi connectivity index (χ4n) is 1.98. The number of hydrogen-bond donors (Lipinski definition) is 2. The predicted octanol–water partition coefficient (Wildman–Crippen LogP) is 1.94. The van der Waals surface area contributed by atoms with Gasteiger partial charge in [0.1, 0.15) is 5.75 Å². The summed E-state index contributed by atoms with van der Waals surface area (Å²) in [7, 11) is -2.25. The SMILES string of the molecule is COc1ccccc1CNC(=O)CNS(=O)(=O)c1cccc(Cl)c1. The normalized spacial score (nSPS) is 11.1. The fourth-order valence-corrected chi connectivity index (χ4v) is 3.27. The number of sulfonamides is 1. The number of para-hydroxylation sites is 1. The Morgan fingerprint density at radius 1 is 1.17 bits per heavy atom. The summed E-state index contributed by atoms with van der Waals surface area (Å²) in [6, 6.07) is 13.1. The molecule has 2 aromatic rings. The van der Waals surface area contributed by atoms with Crippen molar-refractivity contribution in [1.82, 2.24) is 10.0 Å². The van der Waals surface area contributed by atoms with E-state index in [0.29, 0.717) is 10.8 Å². The first kappa shape index (κ1) is 18.3. The van der Waals surface area contributed by atoms with Crippen molar-refractivity contribution in [1.29, 1.82) is 0 Å². The molecule has 2 aromatic carbocycles.